The fraction of sp³-hybridized carbons (Fsp3) is 0.308. The lowest BCUT2D eigenvalue weighted by Gasteiger charge is -2.05. The number of amides is 1. The number of pyridine rings is 1. The molecular weight excluding hydrogens is 308 g/mol. The molecule has 1 amide bonds. The molecular formula is C13H15BrN4O. The molecule has 0 fully saturated rings. The van der Waals surface area contributed by atoms with Crippen molar-refractivity contribution in [3.63, 3.8) is 0 Å². The number of unbranched alkanes of at least 4 members (excludes halogenated alkanes) is 1. The van der Waals surface area contributed by atoms with Gasteiger partial charge in [-0.25, -0.2) is 9.67 Å². The second-order valence-electron chi connectivity index (χ2n) is 4.05. The second-order valence-corrected chi connectivity index (χ2v) is 4.84. The molecule has 0 spiro atoms. The summed E-state index contributed by atoms with van der Waals surface area (Å²) >= 11 is 3.34. The first-order chi connectivity index (χ1) is 9.29. The van der Waals surface area contributed by atoms with Crippen LogP contribution in [-0.4, -0.2) is 26.0 Å². The van der Waals surface area contributed by atoms with Crippen molar-refractivity contribution in [1.82, 2.24) is 14.8 Å². The van der Waals surface area contributed by atoms with Gasteiger partial charge in [0.1, 0.15) is 0 Å². The lowest BCUT2D eigenvalue weighted by molar-refractivity contribution is -0.116. The summed E-state index contributed by atoms with van der Waals surface area (Å²) in [6, 6.07) is 5.48. The summed E-state index contributed by atoms with van der Waals surface area (Å²) < 4.78 is 1.67. The van der Waals surface area contributed by atoms with Crippen molar-refractivity contribution in [2.24, 2.45) is 0 Å². The van der Waals surface area contributed by atoms with Crippen LogP contribution in [0.25, 0.3) is 5.82 Å². The molecule has 2 rings (SSSR count). The maximum Gasteiger partial charge on any atom is 0.224 e. The number of carbonyl (C=O) groups excluding carboxylic acids is 1. The average Bonchev–Trinajstić information content (AvgIpc) is 2.94. The Balaban J connectivity index is 1.90. The second kappa shape index (κ2) is 7.04. The fourth-order valence-corrected chi connectivity index (χ4v) is 2.00. The van der Waals surface area contributed by atoms with Gasteiger partial charge in [0.2, 0.25) is 5.91 Å². The molecule has 2 heterocycles. The lowest BCUT2D eigenvalue weighted by Crippen LogP contribution is -2.11. The van der Waals surface area contributed by atoms with E-state index in [2.05, 4.69) is 31.3 Å². The summed E-state index contributed by atoms with van der Waals surface area (Å²) in [7, 11) is 0. The molecule has 0 aliphatic heterocycles. The number of alkyl halides is 1. The van der Waals surface area contributed by atoms with Crippen LogP contribution in [-0.2, 0) is 4.79 Å². The number of nitrogens with one attached hydrogen (secondary N) is 1. The summed E-state index contributed by atoms with van der Waals surface area (Å²) in [5.41, 5.74) is 0.708. The Bertz CT molecular complexity index is 510. The van der Waals surface area contributed by atoms with Gasteiger partial charge in [0, 0.05) is 24.1 Å². The maximum atomic E-state index is 11.6. The molecule has 100 valence electrons. The zero-order valence-corrected chi connectivity index (χ0v) is 12.0. The van der Waals surface area contributed by atoms with E-state index in [1.807, 2.05) is 24.4 Å². The zero-order valence-electron chi connectivity index (χ0n) is 10.4. The van der Waals surface area contributed by atoms with Gasteiger partial charge in [-0.05, 0) is 31.0 Å². The summed E-state index contributed by atoms with van der Waals surface area (Å²) in [6.07, 6.45) is 7.58. The van der Waals surface area contributed by atoms with Crippen LogP contribution in [0, 0.1) is 0 Å². The van der Waals surface area contributed by atoms with Gasteiger partial charge >= 0.3 is 0 Å². The highest BCUT2D eigenvalue weighted by Gasteiger charge is 2.03. The summed E-state index contributed by atoms with van der Waals surface area (Å²) in [5.74, 6) is 0.747. The number of halogens is 1. The maximum absolute atomic E-state index is 11.6. The minimum absolute atomic E-state index is 0.0228. The number of anilines is 1. The van der Waals surface area contributed by atoms with Crippen molar-refractivity contribution in [1.29, 1.82) is 0 Å². The van der Waals surface area contributed by atoms with E-state index in [1.54, 1.807) is 17.1 Å². The molecule has 5 nitrogen and oxygen atoms in total. The van der Waals surface area contributed by atoms with Gasteiger partial charge < -0.3 is 5.32 Å². The molecule has 2 aromatic heterocycles. The minimum atomic E-state index is 0.0228. The number of hydrogen-bond acceptors (Lipinski definition) is 3. The average molecular weight is 323 g/mol. The molecule has 0 bridgehead atoms. The van der Waals surface area contributed by atoms with E-state index in [0.717, 1.165) is 24.0 Å². The monoisotopic (exact) mass is 322 g/mol. The molecule has 0 saturated carbocycles. The first-order valence-corrected chi connectivity index (χ1v) is 7.23. The lowest BCUT2D eigenvalue weighted by atomic mass is 10.2. The summed E-state index contributed by atoms with van der Waals surface area (Å²) in [6.45, 7) is 0. The highest BCUT2D eigenvalue weighted by molar-refractivity contribution is 9.09. The van der Waals surface area contributed by atoms with Crippen LogP contribution < -0.4 is 5.32 Å². The largest absolute Gasteiger partial charge is 0.325 e. The number of nitrogens with zero attached hydrogens (tertiary/aromatic N) is 3. The normalized spacial score (nSPS) is 10.4. The van der Waals surface area contributed by atoms with Crippen molar-refractivity contribution >= 4 is 27.5 Å². The van der Waals surface area contributed by atoms with Crippen molar-refractivity contribution in [2.45, 2.75) is 19.3 Å². The van der Waals surface area contributed by atoms with Crippen LogP contribution in [0.4, 0.5) is 5.69 Å². The van der Waals surface area contributed by atoms with Gasteiger partial charge in [-0.3, -0.25) is 4.79 Å². The first-order valence-electron chi connectivity index (χ1n) is 6.11. The molecule has 1 N–H and O–H groups in total. The Morgan fingerprint density at radius 2 is 2.26 bits per heavy atom. The van der Waals surface area contributed by atoms with Crippen LogP contribution in [0.3, 0.4) is 0 Å². The van der Waals surface area contributed by atoms with E-state index in [9.17, 15) is 4.79 Å². The van der Waals surface area contributed by atoms with Crippen molar-refractivity contribution in [2.75, 3.05) is 10.6 Å². The van der Waals surface area contributed by atoms with Gasteiger partial charge in [-0.15, -0.1) is 0 Å². The highest BCUT2D eigenvalue weighted by Crippen LogP contribution is 2.10. The Labute approximate surface area is 120 Å². The molecule has 0 aliphatic carbocycles. The molecule has 0 unspecified atom stereocenters. The summed E-state index contributed by atoms with van der Waals surface area (Å²) in [5, 5.41) is 7.85. The standard InChI is InChI=1S/C13H15BrN4O/c14-7-2-1-4-13(19)17-11-5-6-12(15-10-11)18-9-3-8-16-18/h3,5-6,8-10H,1-2,4,7H2,(H,17,19). The Kier molecular flexibility index (Phi) is 5.09. The first kappa shape index (κ1) is 13.7. The van der Waals surface area contributed by atoms with E-state index in [4.69, 9.17) is 0 Å². The number of carbonyl (C=O) groups is 1. The third kappa shape index (κ3) is 4.17. The molecule has 0 radical (unpaired) electrons. The number of rotatable bonds is 6. The van der Waals surface area contributed by atoms with Crippen LogP contribution in [0.5, 0.6) is 0 Å². The van der Waals surface area contributed by atoms with E-state index < -0.39 is 0 Å². The quantitative estimate of drug-likeness (QED) is 0.657. The van der Waals surface area contributed by atoms with Gasteiger partial charge in [0.25, 0.3) is 0 Å². The number of hydrogen-bond donors (Lipinski definition) is 1. The topological polar surface area (TPSA) is 59.8 Å². The summed E-state index contributed by atoms with van der Waals surface area (Å²) in [4.78, 5) is 15.9. The molecule has 2 aromatic rings. The van der Waals surface area contributed by atoms with Crippen molar-refractivity contribution in [3.8, 4) is 5.82 Å². The molecule has 6 heteroatoms. The van der Waals surface area contributed by atoms with E-state index in [1.165, 1.54) is 0 Å². The Morgan fingerprint density at radius 3 is 2.89 bits per heavy atom. The van der Waals surface area contributed by atoms with Crippen molar-refractivity contribution < 1.29 is 4.79 Å². The molecule has 0 atom stereocenters. The fourth-order valence-electron chi connectivity index (χ4n) is 1.60. The Hall–Kier alpha value is -1.69. The predicted octanol–water partition coefficient (Wildman–Crippen LogP) is 2.77. The third-order valence-electron chi connectivity index (χ3n) is 2.56. The minimum Gasteiger partial charge on any atom is -0.325 e. The van der Waals surface area contributed by atoms with Crippen LogP contribution >= 0.6 is 15.9 Å². The van der Waals surface area contributed by atoms with Gasteiger partial charge in [-0.2, -0.15) is 5.10 Å². The van der Waals surface area contributed by atoms with Gasteiger partial charge in [0.05, 0.1) is 11.9 Å². The van der Waals surface area contributed by atoms with E-state index in [0.29, 0.717) is 12.1 Å². The highest BCUT2D eigenvalue weighted by atomic mass is 79.9. The SMILES string of the molecule is O=C(CCCCBr)Nc1ccc(-n2cccn2)nc1. The van der Waals surface area contributed by atoms with Crippen LogP contribution in [0.1, 0.15) is 19.3 Å². The smallest absolute Gasteiger partial charge is 0.224 e. The van der Waals surface area contributed by atoms with Crippen molar-refractivity contribution in [3.05, 3.63) is 36.8 Å². The van der Waals surface area contributed by atoms with E-state index in [-0.39, 0.29) is 5.91 Å². The predicted molar refractivity (Wildman–Crippen MR) is 77.6 cm³/mol. The van der Waals surface area contributed by atoms with Gasteiger partial charge in [-0.1, -0.05) is 15.9 Å². The zero-order chi connectivity index (χ0) is 13.5. The van der Waals surface area contributed by atoms with Crippen LogP contribution in [0.2, 0.25) is 0 Å². The van der Waals surface area contributed by atoms with E-state index >= 15 is 0 Å². The molecule has 19 heavy (non-hydrogen) atoms. The molecule has 0 aliphatic rings. The van der Waals surface area contributed by atoms with Crippen LogP contribution in [0.15, 0.2) is 36.8 Å². The van der Waals surface area contributed by atoms with Gasteiger partial charge in [0.15, 0.2) is 5.82 Å². The molecule has 0 saturated heterocycles. The number of aromatic nitrogens is 3. The molecule has 0 aromatic carbocycles. The third-order valence-corrected chi connectivity index (χ3v) is 3.12. The Morgan fingerprint density at radius 1 is 1.37 bits per heavy atom.